The number of nitrogens with one attached hydrogen (secondary N) is 1. The summed E-state index contributed by atoms with van der Waals surface area (Å²) in [5.41, 5.74) is 3.62. The smallest absolute Gasteiger partial charge is 0.0485 e. The standard InChI is InChI=1S/C14H14N2/c1-16(2)10-7-8-12-11-5-3-4-6-13(11)15-14(12)9-10/h3-9,15H,1-2H3. The van der Waals surface area contributed by atoms with E-state index in [2.05, 4.69) is 66.4 Å². The van der Waals surface area contributed by atoms with Gasteiger partial charge in [0.05, 0.1) is 0 Å². The van der Waals surface area contributed by atoms with Crippen LogP contribution in [-0.2, 0) is 0 Å². The highest BCUT2D eigenvalue weighted by Gasteiger charge is 2.04. The third kappa shape index (κ3) is 1.27. The summed E-state index contributed by atoms with van der Waals surface area (Å²) in [6, 6.07) is 14.9. The molecule has 0 aliphatic rings. The average Bonchev–Trinajstić information content (AvgIpc) is 2.66. The number of anilines is 1. The van der Waals surface area contributed by atoms with Crippen molar-refractivity contribution in [2.24, 2.45) is 0 Å². The maximum atomic E-state index is 3.45. The maximum absolute atomic E-state index is 3.45. The first kappa shape index (κ1) is 9.28. The minimum Gasteiger partial charge on any atom is -0.378 e. The lowest BCUT2D eigenvalue weighted by Gasteiger charge is -2.11. The molecule has 3 aromatic rings. The molecule has 0 bridgehead atoms. The van der Waals surface area contributed by atoms with Gasteiger partial charge in [-0.3, -0.25) is 0 Å². The number of aromatic amines is 1. The Balaban J connectivity index is 2.37. The lowest BCUT2D eigenvalue weighted by atomic mass is 10.1. The van der Waals surface area contributed by atoms with Crippen molar-refractivity contribution in [3.05, 3.63) is 42.5 Å². The molecule has 80 valence electrons. The number of H-pyrrole nitrogens is 1. The van der Waals surface area contributed by atoms with Gasteiger partial charge >= 0.3 is 0 Å². The molecule has 2 aromatic carbocycles. The van der Waals surface area contributed by atoms with Crippen LogP contribution in [0.25, 0.3) is 21.8 Å². The molecule has 1 N–H and O–H groups in total. The number of hydrogen-bond acceptors (Lipinski definition) is 1. The van der Waals surface area contributed by atoms with Crippen LogP contribution in [0.5, 0.6) is 0 Å². The van der Waals surface area contributed by atoms with Crippen molar-refractivity contribution in [3.8, 4) is 0 Å². The molecule has 3 rings (SSSR count). The van der Waals surface area contributed by atoms with Crippen LogP contribution in [0.15, 0.2) is 42.5 Å². The number of aromatic nitrogens is 1. The lowest BCUT2D eigenvalue weighted by Crippen LogP contribution is -2.07. The first-order valence-corrected chi connectivity index (χ1v) is 5.43. The summed E-state index contributed by atoms with van der Waals surface area (Å²) in [6.07, 6.45) is 0. The van der Waals surface area contributed by atoms with Crippen molar-refractivity contribution >= 4 is 27.5 Å². The van der Waals surface area contributed by atoms with Gasteiger partial charge in [-0.25, -0.2) is 0 Å². The van der Waals surface area contributed by atoms with Crippen LogP contribution in [0.3, 0.4) is 0 Å². The zero-order chi connectivity index (χ0) is 11.1. The lowest BCUT2D eigenvalue weighted by molar-refractivity contribution is 1.13. The Bertz CT molecular complexity index is 650. The monoisotopic (exact) mass is 210 g/mol. The number of benzene rings is 2. The van der Waals surface area contributed by atoms with Gasteiger partial charge in [0.1, 0.15) is 0 Å². The summed E-state index contributed by atoms with van der Waals surface area (Å²) in [5, 5.41) is 2.59. The van der Waals surface area contributed by atoms with Crippen molar-refractivity contribution in [1.29, 1.82) is 0 Å². The first-order chi connectivity index (χ1) is 7.75. The van der Waals surface area contributed by atoms with Crippen LogP contribution >= 0.6 is 0 Å². The molecule has 0 saturated heterocycles. The molecule has 0 aliphatic heterocycles. The van der Waals surface area contributed by atoms with E-state index in [4.69, 9.17) is 0 Å². The summed E-state index contributed by atoms with van der Waals surface area (Å²) >= 11 is 0. The van der Waals surface area contributed by atoms with E-state index < -0.39 is 0 Å². The molecule has 1 aromatic heterocycles. The van der Waals surface area contributed by atoms with E-state index in [1.807, 2.05) is 0 Å². The second-order valence-corrected chi connectivity index (χ2v) is 4.29. The molecule has 16 heavy (non-hydrogen) atoms. The van der Waals surface area contributed by atoms with Gasteiger partial charge in [0, 0.05) is 41.6 Å². The second-order valence-electron chi connectivity index (χ2n) is 4.29. The summed E-state index contributed by atoms with van der Waals surface area (Å²) in [5.74, 6) is 0. The Morgan fingerprint density at radius 3 is 2.44 bits per heavy atom. The van der Waals surface area contributed by atoms with Crippen LogP contribution in [0.1, 0.15) is 0 Å². The normalized spacial score (nSPS) is 11.1. The fourth-order valence-electron chi connectivity index (χ4n) is 2.12. The number of hydrogen-bond donors (Lipinski definition) is 1. The van der Waals surface area contributed by atoms with E-state index >= 15 is 0 Å². The van der Waals surface area contributed by atoms with Crippen molar-refractivity contribution in [3.63, 3.8) is 0 Å². The molecule has 0 aliphatic carbocycles. The van der Waals surface area contributed by atoms with E-state index in [0.717, 1.165) is 0 Å². The third-order valence-corrected chi connectivity index (χ3v) is 3.01. The van der Waals surface area contributed by atoms with Crippen LogP contribution in [-0.4, -0.2) is 19.1 Å². The van der Waals surface area contributed by atoms with Crippen molar-refractivity contribution in [2.45, 2.75) is 0 Å². The van der Waals surface area contributed by atoms with Gasteiger partial charge in [-0.2, -0.15) is 0 Å². The van der Waals surface area contributed by atoms with Gasteiger partial charge in [0.2, 0.25) is 0 Å². The number of rotatable bonds is 1. The molecule has 0 amide bonds. The molecule has 0 atom stereocenters. The Morgan fingerprint density at radius 1 is 0.875 bits per heavy atom. The van der Waals surface area contributed by atoms with Gasteiger partial charge in [0.25, 0.3) is 0 Å². The van der Waals surface area contributed by atoms with Crippen LogP contribution in [0, 0.1) is 0 Å². The minimum absolute atomic E-state index is 1.20. The summed E-state index contributed by atoms with van der Waals surface area (Å²) < 4.78 is 0. The van der Waals surface area contributed by atoms with E-state index in [9.17, 15) is 0 Å². The van der Waals surface area contributed by atoms with Crippen molar-refractivity contribution in [2.75, 3.05) is 19.0 Å². The van der Waals surface area contributed by atoms with E-state index in [1.54, 1.807) is 0 Å². The Labute approximate surface area is 94.5 Å². The molecule has 2 heteroatoms. The zero-order valence-electron chi connectivity index (χ0n) is 9.49. The minimum atomic E-state index is 1.20. The van der Waals surface area contributed by atoms with E-state index in [1.165, 1.54) is 27.5 Å². The molecular weight excluding hydrogens is 196 g/mol. The number of fused-ring (bicyclic) bond motifs is 3. The summed E-state index contributed by atoms with van der Waals surface area (Å²) in [7, 11) is 4.12. The number of nitrogens with zero attached hydrogens (tertiary/aromatic N) is 1. The summed E-state index contributed by atoms with van der Waals surface area (Å²) in [4.78, 5) is 5.56. The van der Waals surface area contributed by atoms with Gasteiger partial charge in [0.15, 0.2) is 0 Å². The van der Waals surface area contributed by atoms with Crippen LogP contribution in [0.2, 0.25) is 0 Å². The highest BCUT2D eigenvalue weighted by molar-refractivity contribution is 6.07. The van der Waals surface area contributed by atoms with Gasteiger partial charge < -0.3 is 9.88 Å². The third-order valence-electron chi connectivity index (χ3n) is 3.01. The Morgan fingerprint density at radius 2 is 1.62 bits per heavy atom. The zero-order valence-corrected chi connectivity index (χ0v) is 9.49. The predicted octanol–water partition coefficient (Wildman–Crippen LogP) is 3.39. The van der Waals surface area contributed by atoms with Crippen LogP contribution < -0.4 is 4.90 Å². The average molecular weight is 210 g/mol. The SMILES string of the molecule is CN(C)c1ccc2c(c1)[nH]c1ccccc12. The quantitative estimate of drug-likeness (QED) is 0.652. The second kappa shape index (κ2) is 3.27. The predicted molar refractivity (Wildman–Crippen MR) is 70.1 cm³/mol. The molecule has 1 heterocycles. The topological polar surface area (TPSA) is 19.0 Å². The highest BCUT2D eigenvalue weighted by Crippen LogP contribution is 2.27. The van der Waals surface area contributed by atoms with Crippen molar-refractivity contribution < 1.29 is 0 Å². The Kier molecular flexibility index (Phi) is 1.90. The highest BCUT2D eigenvalue weighted by atomic mass is 15.1. The molecule has 0 saturated carbocycles. The first-order valence-electron chi connectivity index (χ1n) is 5.43. The van der Waals surface area contributed by atoms with Crippen molar-refractivity contribution in [1.82, 2.24) is 4.98 Å². The fraction of sp³-hybridized carbons (Fsp3) is 0.143. The maximum Gasteiger partial charge on any atom is 0.0485 e. The number of para-hydroxylation sites is 1. The molecule has 2 nitrogen and oxygen atoms in total. The van der Waals surface area contributed by atoms with Crippen LogP contribution in [0.4, 0.5) is 5.69 Å². The molecule has 0 unspecified atom stereocenters. The van der Waals surface area contributed by atoms with Gasteiger partial charge in [-0.05, 0) is 18.2 Å². The largest absolute Gasteiger partial charge is 0.378 e. The molecule has 0 spiro atoms. The Hall–Kier alpha value is -1.96. The van der Waals surface area contributed by atoms with Gasteiger partial charge in [-0.1, -0.05) is 24.3 Å². The van der Waals surface area contributed by atoms with Gasteiger partial charge in [-0.15, -0.1) is 0 Å². The molecule has 0 radical (unpaired) electrons. The van der Waals surface area contributed by atoms with E-state index in [-0.39, 0.29) is 0 Å². The molecular formula is C14H14N2. The summed E-state index contributed by atoms with van der Waals surface area (Å²) in [6.45, 7) is 0. The molecule has 0 fully saturated rings. The van der Waals surface area contributed by atoms with E-state index in [0.29, 0.717) is 0 Å². The fourth-order valence-corrected chi connectivity index (χ4v) is 2.12.